The Labute approximate surface area is 293 Å². The number of hydrogen-bond donors (Lipinski definition) is 3. The topological polar surface area (TPSA) is 99.3 Å². The molecular formula is C35H44FN6O3S3+. The molecule has 0 radical (unpaired) electrons. The van der Waals surface area contributed by atoms with Gasteiger partial charge in [0, 0.05) is 62.2 Å². The van der Waals surface area contributed by atoms with Crippen LogP contribution in [0.5, 0.6) is 0 Å². The average molecular weight is 712 g/mol. The molecule has 3 amide bonds. The minimum Gasteiger partial charge on any atom is -0.356 e. The van der Waals surface area contributed by atoms with E-state index in [9.17, 15) is 18.8 Å². The number of thiazole rings is 1. The van der Waals surface area contributed by atoms with Crippen molar-refractivity contribution in [2.75, 3.05) is 24.2 Å². The first-order valence-electron chi connectivity index (χ1n) is 16.9. The fraction of sp³-hybridized carbons (Fsp3) is 0.486. The zero-order chi connectivity index (χ0) is 33.6. The van der Waals surface area contributed by atoms with Crippen LogP contribution in [0.25, 0.3) is 11.1 Å². The van der Waals surface area contributed by atoms with Crippen LogP contribution in [-0.2, 0) is 17.9 Å². The summed E-state index contributed by atoms with van der Waals surface area (Å²) in [7, 11) is 1.88. The Morgan fingerprint density at radius 2 is 1.94 bits per heavy atom. The third-order valence-corrected chi connectivity index (χ3v) is 13.2. The van der Waals surface area contributed by atoms with Crippen molar-refractivity contribution in [3.05, 3.63) is 73.7 Å². The second-order valence-electron chi connectivity index (χ2n) is 12.5. The summed E-state index contributed by atoms with van der Waals surface area (Å²) in [5, 5.41) is 10.3. The van der Waals surface area contributed by atoms with Gasteiger partial charge in [0.05, 0.1) is 22.7 Å². The summed E-state index contributed by atoms with van der Waals surface area (Å²) in [5.41, 5.74) is 1.76. The summed E-state index contributed by atoms with van der Waals surface area (Å²) in [4.78, 5) is 39.8. The normalized spacial score (nSPS) is 21.3. The van der Waals surface area contributed by atoms with Crippen LogP contribution in [0.4, 0.5) is 14.9 Å². The summed E-state index contributed by atoms with van der Waals surface area (Å²) in [6, 6.07) is 11.6. The molecular weight excluding hydrogens is 668 g/mol. The summed E-state index contributed by atoms with van der Waals surface area (Å²) in [6.45, 7) is 4.09. The fourth-order valence-electron chi connectivity index (χ4n) is 6.61. The number of hydrogen-bond acceptors (Lipinski definition) is 7. The highest BCUT2D eigenvalue weighted by atomic mass is 32.2. The monoisotopic (exact) mass is 711 g/mol. The molecule has 5 heterocycles. The van der Waals surface area contributed by atoms with Gasteiger partial charge in [-0.25, -0.2) is 9.18 Å². The van der Waals surface area contributed by atoms with Crippen molar-refractivity contribution in [3.8, 4) is 0 Å². The molecule has 6 rings (SSSR count). The number of aryl methyl sites for hydroxylation is 1. The SMILES string of the molecule is CCn1c(=O)/c(=C2\Sc3c(F)cccc3N2C)s/c1=C\c1cccc[n+]1CCCCCCNC(=O)CCCC[C@@H]1SC[C@@H]2NC(=O)N[C@@H]21. The van der Waals surface area contributed by atoms with Gasteiger partial charge in [0.2, 0.25) is 11.6 Å². The third-order valence-electron chi connectivity index (χ3n) is 9.21. The number of fused-ring (bicyclic) bond motifs is 2. The molecule has 13 heteroatoms. The van der Waals surface area contributed by atoms with Gasteiger partial charge in [-0.3, -0.25) is 14.2 Å². The van der Waals surface area contributed by atoms with E-state index in [1.54, 1.807) is 10.6 Å². The molecule has 0 bridgehead atoms. The number of rotatable bonds is 14. The van der Waals surface area contributed by atoms with Crippen LogP contribution in [-0.4, -0.2) is 53.2 Å². The maximum atomic E-state index is 14.5. The van der Waals surface area contributed by atoms with E-state index < -0.39 is 0 Å². The molecule has 1 aromatic carbocycles. The van der Waals surface area contributed by atoms with Crippen molar-refractivity contribution in [1.82, 2.24) is 20.5 Å². The predicted octanol–water partition coefficient (Wildman–Crippen LogP) is 3.90. The fourth-order valence-corrected chi connectivity index (χ4v) is 10.6. The number of nitrogens with zero attached hydrogens (tertiary/aromatic N) is 3. The van der Waals surface area contributed by atoms with Crippen molar-refractivity contribution < 1.29 is 18.5 Å². The number of carbonyl (C=O) groups excluding carboxylic acids is 2. The molecule has 256 valence electrons. The molecule has 3 aliphatic rings. The van der Waals surface area contributed by atoms with E-state index in [2.05, 4.69) is 38.9 Å². The van der Waals surface area contributed by atoms with Crippen LogP contribution in [0.3, 0.4) is 0 Å². The van der Waals surface area contributed by atoms with Crippen LogP contribution < -0.4 is 40.2 Å². The Kier molecular flexibility index (Phi) is 11.5. The lowest BCUT2D eigenvalue weighted by Gasteiger charge is -2.16. The van der Waals surface area contributed by atoms with E-state index in [4.69, 9.17) is 0 Å². The maximum absolute atomic E-state index is 14.5. The van der Waals surface area contributed by atoms with Gasteiger partial charge < -0.3 is 20.9 Å². The van der Waals surface area contributed by atoms with Crippen molar-refractivity contribution >= 4 is 63.6 Å². The van der Waals surface area contributed by atoms with Gasteiger partial charge in [-0.1, -0.05) is 30.7 Å². The van der Waals surface area contributed by atoms with Gasteiger partial charge in [-0.2, -0.15) is 16.3 Å². The Morgan fingerprint density at radius 3 is 2.77 bits per heavy atom. The zero-order valence-corrected chi connectivity index (χ0v) is 30.0. The van der Waals surface area contributed by atoms with Crippen molar-refractivity contribution in [1.29, 1.82) is 0 Å². The molecule has 0 spiro atoms. The van der Waals surface area contributed by atoms with Gasteiger partial charge in [-0.05, 0) is 50.8 Å². The van der Waals surface area contributed by atoms with Gasteiger partial charge >= 0.3 is 6.03 Å². The van der Waals surface area contributed by atoms with E-state index >= 15 is 0 Å². The number of nitrogens with one attached hydrogen (secondary N) is 3. The first kappa shape index (κ1) is 34.6. The Bertz CT molecular complexity index is 1830. The minimum atomic E-state index is -0.270. The van der Waals surface area contributed by atoms with Crippen LogP contribution in [0, 0.1) is 5.82 Å². The number of benzene rings is 1. The lowest BCUT2D eigenvalue weighted by molar-refractivity contribution is -0.699. The molecule has 3 aromatic rings. The molecule has 2 saturated heterocycles. The second-order valence-corrected chi connectivity index (χ2v) is 15.8. The minimum absolute atomic E-state index is 0.0508. The smallest absolute Gasteiger partial charge is 0.315 e. The van der Waals surface area contributed by atoms with Crippen LogP contribution in [0.2, 0.25) is 0 Å². The summed E-state index contributed by atoms with van der Waals surface area (Å²) in [6.07, 6.45) is 11.7. The van der Waals surface area contributed by atoms with E-state index in [1.807, 2.05) is 48.8 Å². The van der Waals surface area contributed by atoms with Gasteiger partial charge in [0.25, 0.3) is 5.56 Å². The highest BCUT2D eigenvalue weighted by Gasteiger charge is 2.42. The summed E-state index contributed by atoms with van der Waals surface area (Å²) >= 11 is 4.69. The highest BCUT2D eigenvalue weighted by Crippen LogP contribution is 2.46. The number of carbonyl (C=O) groups is 2. The number of amides is 3. The summed E-state index contributed by atoms with van der Waals surface area (Å²) < 4.78 is 20.0. The van der Waals surface area contributed by atoms with Gasteiger partial charge in [-0.15, -0.1) is 11.3 Å². The number of aromatic nitrogens is 2. The third kappa shape index (κ3) is 7.78. The maximum Gasteiger partial charge on any atom is 0.315 e. The highest BCUT2D eigenvalue weighted by molar-refractivity contribution is 8.08. The lowest BCUT2D eigenvalue weighted by Crippen LogP contribution is -2.38. The van der Waals surface area contributed by atoms with E-state index in [0.29, 0.717) is 34.2 Å². The molecule has 0 unspecified atom stereocenters. The molecule has 3 N–H and O–H groups in total. The number of thioether (sulfide) groups is 2. The summed E-state index contributed by atoms with van der Waals surface area (Å²) in [5.74, 6) is 0.820. The van der Waals surface area contributed by atoms with Crippen molar-refractivity contribution in [2.24, 2.45) is 0 Å². The molecule has 3 atom stereocenters. The number of unbranched alkanes of at least 4 members (excludes halogenated alkanes) is 4. The molecule has 48 heavy (non-hydrogen) atoms. The van der Waals surface area contributed by atoms with Gasteiger partial charge in [0.15, 0.2) is 6.20 Å². The zero-order valence-electron chi connectivity index (χ0n) is 27.5. The standard InChI is InChI=1S/C35H43FN6O3S3/c1-3-42-29(47-32(33(42)44)34-40(2)26-15-12-14-24(36)31(26)48-34)21-23-13-8-11-20-41(23)19-10-5-4-9-18-37-28(43)17-7-6-16-27-30-25(22-46-27)38-35(45)39-30/h8,11-15,20-21,25,27,30H,3-7,9-10,16-19,22H2,1-2H3,(H2-,37,38,39,43,45)/p+1/b34-32+/t25-,27-,30-/m0/s1. The number of urea groups is 1. The first-order valence-corrected chi connectivity index (χ1v) is 19.6. The van der Waals surface area contributed by atoms with E-state index in [-0.39, 0.29) is 35.4 Å². The molecule has 0 saturated carbocycles. The predicted molar refractivity (Wildman–Crippen MR) is 193 cm³/mol. The molecule has 3 aliphatic heterocycles. The van der Waals surface area contributed by atoms with Crippen molar-refractivity contribution in [2.45, 2.75) is 93.6 Å². The van der Waals surface area contributed by atoms with E-state index in [0.717, 1.165) is 78.3 Å². The Balaban J connectivity index is 0.957. The van der Waals surface area contributed by atoms with Crippen LogP contribution >= 0.6 is 34.9 Å². The van der Waals surface area contributed by atoms with Gasteiger partial charge in [0.1, 0.15) is 26.6 Å². The number of halogens is 1. The second kappa shape index (κ2) is 15.9. The van der Waals surface area contributed by atoms with Crippen molar-refractivity contribution in [3.63, 3.8) is 0 Å². The molecule has 2 aromatic heterocycles. The quantitative estimate of drug-likeness (QED) is 0.133. The molecule has 0 aliphatic carbocycles. The average Bonchev–Trinajstić information content (AvgIpc) is 3.81. The molecule has 2 fully saturated rings. The molecule has 9 nitrogen and oxygen atoms in total. The Morgan fingerprint density at radius 1 is 1.08 bits per heavy atom. The Hall–Kier alpha value is -3.29. The van der Waals surface area contributed by atoms with Crippen LogP contribution in [0.15, 0.2) is 52.3 Å². The first-order chi connectivity index (χ1) is 23.3. The number of anilines is 1. The van der Waals surface area contributed by atoms with E-state index in [1.165, 1.54) is 29.2 Å². The largest absolute Gasteiger partial charge is 0.356 e. The number of pyridine rings is 1. The lowest BCUT2D eigenvalue weighted by atomic mass is 10.0. The van der Waals surface area contributed by atoms with Crippen LogP contribution in [0.1, 0.15) is 64.0 Å².